The number of halogens is 1. The fourth-order valence-electron chi connectivity index (χ4n) is 1.27. The molecule has 3 heteroatoms. The van der Waals surface area contributed by atoms with Gasteiger partial charge in [-0.15, -0.1) is 0 Å². The minimum Gasteiger partial charge on any atom is -0.507 e. The van der Waals surface area contributed by atoms with Gasteiger partial charge in [0.05, 0.1) is 5.56 Å². The zero-order valence-corrected chi connectivity index (χ0v) is 7.38. The third-order valence-electron chi connectivity index (χ3n) is 1.85. The standard InChI is InChI=1S/C10H11FO2/c1-2-3-7-4-8(11)5-10(13)9(7)6-12/h4-6,13H,2-3H2,1H3. The number of benzene rings is 1. The Morgan fingerprint density at radius 3 is 2.77 bits per heavy atom. The lowest BCUT2D eigenvalue weighted by Crippen LogP contribution is -1.94. The largest absolute Gasteiger partial charge is 0.507 e. The molecule has 1 aromatic carbocycles. The predicted octanol–water partition coefficient (Wildman–Crippen LogP) is 2.30. The molecular weight excluding hydrogens is 171 g/mol. The average Bonchev–Trinajstić information content (AvgIpc) is 2.04. The maximum Gasteiger partial charge on any atom is 0.154 e. The molecule has 0 radical (unpaired) electrons. The summed E-state index contributed by atoms with van der Waals surface area (Å²) in [7, 11) is 0. The number of phenolic OH excluding ortho intramolecular Hbond substituents is 1. The van der Waals surface area contributed by atoms with E-state index in [4.69, 9.17) is 0 Å². The van der Waals surface area contributed by atoms with Crippen LogP contribution in [0.1, 0.15) is 29.3 Å². The minimum absolute atomic E-state index is 0.197. The molecule has 0 atom stereocenters. The molecule has 0 saturated carbocycles. The third kappa shape index (κ3) is 2.05. The normalized spacial score (nSPS) is 10.0. The molecule has 0 unspecified atom stereocenters. The average molecular weight is 182 g/mol. The summed E-state index contributed by atoms with van der Waals surface area (Å²) in [6.45, 7) is 1.93. The molecule has 13 heavy (non-hydrogen) atoms. The highest BCUT2D eigenvalue weighted by Crippen LogP contribution is 2.22. The van der Waals surface area contributed by atoms with Gasteiger partial charge in [0.25, 0.3) is 0 Å². The van der Waals surface area contributed by atoms with E-state index >= 15 is 0 Å². The summed E-state index contributed by atoms with van der Waals surface area (Å²) >= 11 is 0. The molecule has 0 spiro atoms. The number of hydrogen-bond acceptors (Lipinski definition) is 2. The van der Waals surface area contributed by atoms with Gasteiger partial charge in [-0.2, -0.15) is 0 Å². The second kappa shape index (κ2) is 4.03. The van der Waals surface area contributed by atoms with Crippen molar-refractivity contribution in [2.45, 2.75) is 19.8 Å². The number of aromatic hydroxyl groups is 1. The van der Waals surface area contributed by atoms with E-state index in [0.29, 0.717) is 18.3 Å². The summed E-state index contributed by atoms with van der Waals surface area (Å²) in [6, 6.07) is 2.23. The van der Waals surface area contributed by atoms with Crippen LogP contribution < -0.4 is 0 Å². The lowest BCUT2D eigenvalue weighted by molar-refractivity contribution is 0.112. The number of phenols is 1. The molecule has 1 aromatic rings. The quantitative estimate of drug-likeness (QED) is 0.728. The molecule has 0 aromatic heterocycles. The van der Waals surface area contributed by atoms with Gasteiger partial charge >= 0.3 is 0 Å². The van der Waals surface area contributed by atoms with Crippen molar-refractivity contribution >= 4 is 6.29 Å². The second-order valence-corrected chi connectivity index (χ2v) is 2.87. The lowest BCUT2D eigenvalue weighted by Gasteiger charge is -2.05. The summed E-state index contributed by atoms with van der Waals surface area (Å²) in [4.78, 5) is 10.6. The zero-order chi connectivity index (χ0) is 9.84. The van der Waals surface area contributed by atoms with Crippen LogP contribution in [0.25, 0.3) is 0 Å². The van der Waals surface area contributed by atoms with Crippen LogP contribution in [0.2, 0.25) is 0 Å². The SMILES string of the molecule is CCCc1cc(F)cc(O)c1C=O. The number of aryl methyl sites for hydroxylation is 1. The fraction of sp³-hybridized carbons (Fsp3) is 0.300. The van der Waals surface area contributed by atoms with Crippen LogP contribution in [-0.2, 0) is 6.42 Å². The number of carbonyl (C=O) groups is 1. The molecule has 0 amide bonds. The van der Waals surface area contributed by atoms with Gasteiger partial charge in [-0.25, -0.2) is 4.39 Å². The first-order chi connectivity index (χ1) is 6.19. The van der Waals surface area contributed by atoms with Gasteiger partial charge in [0.2, 0.25) is 0 Å². The maximum atomic E-state index is 12.8. The monoisotopic (exact) mass is 182 g/mol. The molecule has 1 N–H and O–H groups in total. The summed E-state index contributed by atoms with van der Waals surface area (Å²) in [5.74, 6) is -0.787. The smallest absolute Gasteiger partial charge is 0.154 e. The van der Waals surface area contributed by atoms with Gasteiger partial charge in [-0.3, -0.25) is 4.79 Å². The molecule has 0 aliphatic heterocycles. The topological polar surface area (TPSA) is 37.3 Å². The molecule has 0 aliphatic carbocycles. The van der Waals surface area contributed by atoms with Crippen LogP contribution in [0.15, 0.2) is 12.1 Å². The van der Waals surface area contributed by atoms with E-state index < -0.39 is 5.82 Å². The molecule has 0 bridgehead atoms. The number of hydrogen-bond donors (Lipinski definition) is 1. The van der Waals surface area contributed by atoms with Crippen LogP contribution in [0, 0.1) is 5.82 Å². The molecule has 70 valence electrons. The molecule has 1 rings (SSSR count). The van der Waals surface area contributed by atoms with Crippen molar-refractivity contribution in [1.29, 1.82) is 0 Å². The number of carbonyl (C=O) groups excluding carboxylic acids is 1. The van der Waals surface area contributed by atoms with E-state index in [-0.39, 0.29) is 11.3 Å². The van der Waals surface area contributed by atoms with Crippen LogP contribution in [-0.4, -0.2) is 11.4 Å². The lowest BCUT2D eigenvalue weighted by atomic mass is 10.0. The van der Waals surface area contributed by atoms with Gasteiger partial charge in [-0.1, -0.05) is 13.3 Å². The van der Waals surface area contributed by atoms with Crippen molar-refractivity contribution in [2.75, 3.05) is 0 Å². The van der Waals surface area contributed by atoms with Crippen LogP contribution in [0.4, 0.5) is 4.39 Å². The number of aldehydes is 1. The Morgan fingerprint density at radius 1 is 1.54 bits per heavy atom. The van der Waals surface area contributed by atoms with Crippen molar-refractivity contribution in [3.05, 3.63) is 29.1 Å². The molecule has 2 nitrogen and oxygen atoms in total. The van der Waals surface area contributed by atoms with E-state index in [1.54, 1.807) is 0 Å². The first-order valence-corrected chi connectivity index (χ1v) is 4.15. The van der Waals surface area contributed by atoms with Crippen molar-refractivity contribution in [3.63, 3.8) is 0 Å². The Kier molecular flexibility index (Phi) is 3.01. The van der Waals surface area contributed by atoms with Crippen molar-refractivity contribution in [3.8, 4) is 5.75 Å². The highest BCUT2D eigenvalue weighted by molar-refractivity contribution is 5.81. The van der Waals surface area contributed by atoms with Crippen LogP contribution in [0.3, 0.4) is 0 Å². The van der Waals surface area contributed by atoms with Crippen molar-refractivity contribution in [1.82, 2.24) is 0 Å². The van der Waals surface area contributed by atoms with E-state index in [1.807, 2.05) is 6.92 Å². The Bertz CT molecular complexity index is 321. The van der Waals surface area contributed by atoms with Gasteiger partial charge in [0, 0.05) is 6.07 Å². The van der Waals surface area contributed by atoms with Gasteiger partial charge in [0.1, 0.15) is 11.6 Å². The highest BCUT2D eigenvalue weighted by atomic mass is 19.1. The summed E-state index contributed by atoms with van der Waals surface area (Å²) < 4.78 is 12.8. The second-order valence-electron chi connectivity index (χ2n) is 2.87. The van der Waals surface area contributed by atoms with E-state index in [9.17, 15) is 14.3 Å². The predicted molar refractivity (Wildman–Crippen MR) is 47.4 cm³/mol. The maximum absolute atomic E-state index is 12.8. The summed E-state index contributed by atoms with van der Waals surface area (Å²) in [5.41, 5.74) is 0.762. The Labute approximate surface area is 76.0 Å². The van der Waals surface area contributed by atoms with Gasteiger partial charge < -0.3 is 5.11 Å². The minimum atomic E-state index is -0.508. The molecule has 0 aliphatic rings. The van der Waals surface area contributed by atoms with Gasteiger partial charge in [0.15, 0.2) is 6.29 Å². The molecule has 0 fully saturated rings. The van der Waals surface area contributed by atoms with E-state index in [1.165, 1.54) is 6.07 Å². The molecule has 0 heterocycles. The Balaban J connectivity index is 3.20. The van der Waals surface area contributed by atoms with E-state index in [0.717, 1.165) is 12.5 Å². The van der Waals surface area contributed by atoms with Crippen molar-refractivity contribution in [2.24, 2.45) is 0 Å². The Hall–Kier alpha value is -1.38. The van der Waals surface area contributed by atoms with E-state index in [2.05, 4.69) is 0 Å². The first-order valence-electron chi connectivity index (χ1n) is 4.15. The molecule has 0 saturated heterocycles. The van der Waals surface area contributed by atoms with Crippen LogP contribution in [0.5, 0.6) is 5.75 Å². The zero-order valence-electron chi connectivity index (χ0n) is 7.38. The Morgan fingerprint density at radius 2 is 2.23 bits per heavy atom. The number of rotatable bonds is 3. The molecular formula is C10H11FO2. The summed E-state index contributed by atoms with van der Waals surface area (Å²) in [6.07, 6.45) is 1.96. The van der Waals surface area contributed by atoms with Gasteiger partial charge in [-0.05, 0) is 18.1 Å². The summed E-state index contributed by atoms with van der Waals surface area (Å²) in [5, 5.41) is 9.23. The first kappa shape index (κ1) is 9.71. The van der Waals surface area contributed by atoms with Crippen molar-refractivity contribution < 1.29 is 14.3 Å². The third-order valence-corrected chi connectivity index (χ3v) is 1.85. The highest BCUT2D eigenvalue weighted by Gasteiger charge is 2.08. The fourth-order valence-corrected chi connectivity index (χ4v) is 1.27. The van der Waals surface area contributed by atoms with Crippen LogP contribution >= 0.6 is 0 Å².